The summed E-state index contributed by atoms with van der Waals surface area (Å²) in [7, 11) is 0. The molecule has 0 aliphatic carbocycles. The molecule has 3 heterocycles. The Balaban J connectivity index is 1.54. The van der Waals surface area contributed by atoms with Gasteiger partial charge in [-0.15, -0.1) is 0 Å². The van der Waals surface area contributed by atoms with Gasteiger partial charge in [-0.05, 0) is 17.7 Å². The molecule has 0 unspecified atom stereocenters. The van der Waals surface area contributed by atoms with E-state index in [1.165, 1.54) is 22.6 Å². The molecule has 1 aliphatic heterocycles. The molecule has 1 fully saturated rings. The number of ether oxygens (including phenoxy) is 2. The van der Waals surface area contributed by atoms with Gasteiger partial charge in [-0.3, -0.25) is 9.88 Å². The second-order valence-electron chi connectivity index (χ2n) is 6.48. The van der Waals surface area contributed by atoms with Crippen molar-refractivity contribution < 1.29 is 29.6 Å². The maximum absolute atomic E-state index is 12.2. The van der Waals surface area contributed by atoms with Crippen molar-refractivity contribution in [1.29, 1.82) is 0 Å². The number of aliphatic hydroxyl groups excluding tert-OH is 3. The molecule has 11 nitrogen and oxygen atoms in total. The van der Waals surface area contributed by atoms with Crippen LogP contribution in [0.2, 0.25) is 0 Å². The van der Waals surface area contributed by atoms with E-state index in [2.05, 4.69) is 20.3 Å². The van der Waals surface area contributed by atoms with Gasteiger partial charge >= 0.3 is 6.09 Å². The van der Waals surface area contributed by atoms with E-state index in [4.69, 9.17) is 21.7 Å². The van der Waals surface area contributed by atoms with Crippen molar-refractivity contribution in [2.75, 3.05) is 11.9 Å². The van der Waals surface area contributed by atoms with Gasteiger partial charge in [0.2, 0.25) is 0 Å². The number of carbonyl (C=O) groups excluding carboxylic acids is 1. The van der Waals surface area contributed by atoms with Gasteiger partial charge < -0.3 is 24.8 Å². The first kappa shape index (κ1) is 20.3. The van der Waals surface area contributed by atoms with Gasteiger partial charge in [-0.2, -0.15) is 0 Å². The summed E-state index contributed by atoms with van der Waals surface area (Å²) in [5.41, 5.74) is 1.29. The molecule has 0 saturated carbocycles. The number of nitrogens with zero attached hydrogens (tertiary/aromatic N) is 4. The number of hydrogen-bond acceptors (Lipinski definition) is 10. The van der Waals surface area contributed by atoms with E-state index in [0.29, 0.717) is 5.75 Å². The lowest BCUT2D eigenvalue weighted by molar-refractivity contribution is -0.0511. The topological polar surface area (TPSA) is 152 Å². The molecule has 0 radical (unpaired) electrons. The van der Waals surface area contributed by atoms with Crippen molar-refractivity contribution in [1.82, 2.24) is 19.5 Å². The molecule has 12 heteroatoms. The number of hydrogen-bond donors (Lipinski definition) is 4. The minimum absolute atomic E-state index is 0.0889. The molecular formula is C18H17N5O6S. The van der Waals surface area contributed by atoms with E-state index >= 15 is 0 Å². The maximum Gasteiger partial charge on any atom is 0.418 e. The normalized spacial score (nSPS) is 23.4. The average molecular weight is 431 g/mol. The molecule has 4 atom stereocenters. The highest BCUT2D eigenvalue weighted by Gasteiger charge is 2.44. The summed E-state index contributed by atoms with van der Waals surface area (Å²) in [4.78, 5) is 24.5. The summed E-state index contributed by atoms with van der Waals surface area (Å²) >= 11 is 4.83. The van der Waals surface area contributed by atoms with Crippen molar-refractivity contribution >= 4 is 40.7 Å². The zero-order valence-electron chi connectivity index (χ0n) is 15.3. The fourth-order valence-electron chi connectivity index (χ4n) is 3.08. The minimum Gasteiger partial charge on any atom is -0.410 e. The van der Waals surface area contributed by atoms with Gasteiger partial charge in [-0.1, -0.05) is 24.4 Å². The second-order valence-corrected chi connectivity index (χ2v) is 6.71. The van der Waals surface area contributed by atoms with Gasteiger partial charge in [0.15, 0.2) is 23.2 Å². The van der Waals surface area contributed by atoms with Crippen LogP contribution in [-0.2, 0) is 4.74 Å². The molecule has 4 rings (SSSR count). The Kier molecular flexibility index (Phi) is 5.65. The largest absolute Gasteiger partial charge is 0.418 e. The Hall–Kier alpha value is -3.03. The molecule has 30 heavy (non-hydrogen) atoms. The Morgan fingerprint density at radius 3 is 2.67 bits per heavy atom. The van der Waals surface area contributed by atoms with Crippen LogP contribution >= 0.6 is 12.2 Å². The quantitative estimate of drug-likeness (QED) is 0.418. The van der Waals surface area contributed by atoms with E-state index in [9.17, 15) is 20.1 Å². The molecule has 156 valence electrons. The SMILES string of the molecule is O=C(Nc1ncnc2c1ncn2[C@@H]1O[C@H](CO)[C@@H](O)[C@H]1O)Oc1ccc(C=S)cc1. The highest BCUT2D eigenvalue weighted by molar-refractivity contribution is 7.79. The predicted octanol–water partition coefficient (Wildman–Crippen LogP) is 0.396. The van der Waals surface area contributed by atoms with Crippen LogP contribution in [0.1, 0.15) is 11.8 Å². The van der Waals surface area contributed by atoms with Crippen LogP contribution in [0.5, 0.6) is 5.75 Å². The molecule has 1 saturated heterocycles. The molecular weight excluding hydrogens is 414 g/mol. The van der Waals surface area contributed by atoms with Gasteiger partial charge in [-0.25, -0.2) is 19.7 Å². The molecule has 4 N–H and O–H groups in total. The number of amides is 1. The fourth-order valence-corrected chi connectivity index (χ4v) is 3.24. The van der Waals surface area contributed by atoms with Gasteiger partial charge in [0.1, 0.15) is 30.4 Å². The van der Waals surface area contributed by atoms with Crippen LogP contribution in [-0.4, -0.2) is 71.2 Å². The van der Waals surface area contributed by atoms with Crippen molar-refractivity contribution in [2.24, 2.45) is 0 Å². The van der Waals surface area contributed by atoms with E-state index in [0.717, 1.165) is 5.56 Å². The van der Waals surface area contributed by atoms with E-state index < -0.39 is 37.2 Å². The lowest BCUT2D eigenvalue weighted by atomic mass is 10.1. The number of benzene rings is 1. The molecule has 1 aliphatic rings. The Morgan fingerprint density at radius 1 is 1.23 bits per heavy atom. The number of nitrogens with one attached hydrogen (secondary N) is 1. The van der Waals surface area contributed by atoms with Crippen molar-refractivity contribution in [3.8, 4) is 5.75 Å². The number of rotatable bonds is 5. The maximum atomic E-state index is 12.2. The number of imidazole rings is 1. The Morgan fingerprint density at radius 2 is 2.00 bits per heavy atom. The second kappa shape index (κ2) is 8.38. The zero-order valence-corrected chi connectivity index (χ0v) is 16.1. The van der Waals surface area contributed by atoms with Crippen LogP contribution in [0.3, 0.4) is 0 Å². The van der Waals surface area contributed by atoms with Gasteiger partial charge in [0, 0.05) is 5.37 Å². The highest BCUT2D eigenvalue weighted by Crippen LogP contribution is 2.32. The van der Waals surface area contributed by atoms with Crippen molar-refractivity contribution in [3.05, 3.63) is 42.5 Å². The summed E-state index contributed by atoms with van der Waals surface area (Å²) in [6.07, 6.45) is -2.78. The number of fused-ring (bicyclic) bond motifs is 1. The summed E-state index contributed by atoms with van der Waals surface area (Å²) in [6, 6.07) is 6.62. The smallest absolute Gasteiger partial charge is 0.410 e. The summed E-state index contributed by atoms with van der Waals surface area (Å²) in [5, 5.41) is 33.5. The first-order valence-electron chi connectivity index (χ1n) is 8.86. The lowest BCUT2D eigenvalue weighted by Crippen LogP contribution is -2.33. The molecule has 0 bridgehead atoms. The van der Waals surface area contributed by atoms with Gasteiger partial charge in [0.25, 0.3) is 0 Å². The van der Waals surface area contributed by atoms with Crippen molar-refractivity contribution in [3.63, 3.8) is 0 Å². The summed E-state index contributed by atoms with van der Waals surface area (Å²) in [5.74, 6) is 0.404. The number of carbonyl (C=O) groups is 1. The van der Waals surface area contributed by atoms with E-state index in [1.54, 1.807) is 24.3 Å². The third-order valence-corrected chi connectivity index (χ3v) is 4.87. The molecule has 2 aromatic heterocycles. The predicted molar refractivity (Wildman–Crippen MR) is 107 cm³/mol. The number of aromatic nitrogens is 4. The Bertz CT molecular complexity index is 1070. The minimum atomic E-state index is -1.30. The van der Waals surface area contributed by atoms with Gasteiger partial charge in [0.05, 0.1) is 12.9 Å². The molecule has 0 spiro atoms. The highest BCUT2D eigenvalue weighted by atomic mass is 32.1. The van der Waals surface area contributed by atoms with Crippen LogP contribution in [0.25, 0.3) is 11.2 Å². The number of aliphatic hydroxyl groups is 3. The number of thiocarbonyl (C=S) groups is 1. The summed E-state index contributed by atoms with van der Waals surface area (Å²) < 4.78 is 12.1. The standard InChI is InChI=1S/C18H17N5O6S/c24-5-11-13(25)14(26)17(29-11)23-8-21-12-15(19-7-20-16(12)23)22-18(27)28-10-3-1-9(6-30)2-4-10/h1-4,6-8,11,13-14,17,24-26H,5H2,(H,19,20,22,27)/t11-,13-,14-,17-/m1/s1. The third kappa shape index (κ3) is 3.74. The molecule has 3 aromatic rings. The zero-order chi connectivity index (χ0) is 21.3. The Labute approximate surface area is 174 Å². The average Bonchev–Trinajstić information content (AvgIpc) is 3.30. The number of anilines is 1. The lowest BCUT2D eigenvalue weighted by Gasteiger charge is -2.16. The van der Waals surface area contributed by atoms with Crippen molar-refractivity contribution in [2.45, 2.75) is 24.5 Å². The van der Waals surface area contributed by atoms with Crippen LogP contribution < -0.4 is 10.1 Å². The van der Waals surface area contributed by atoms with E-state index in [-0.39, 0.29) is 17.0 Å². The van der Waals surface area contributed by atoms with Crippen LogP contribution in [0, 0.1) is 0 Å². The van der Waals surface area contributed by atoms with E-state index in [1.807, 2.05) is 0 Å². The first-order valence-corrected chi connectivity index (χ1v) is 9.33. The van der Waals surface area contributed by atoms with Crippen LogP contribution in [0.15, 0.2) is 36.9 Å². The monoisotopic (exact) mass is 431 g/mol. The van der Waals surface area contributed by atoms with Crippen LogP contribution in [0.4, 0.5) is 10.6 Å². The third-order valence-electron chi connectivity index (χ3n) is 4.60. The molecule has 1 amide bonds. The fraction of sp³-hybridized carbons (Fsp3) is 0.278. The first-order chi connectivity index (χ1) is 14.5. The molecule has 1 aromatic carbocycles. The summed E-state index contributed by atoms with van der Waals surface area (Å²) in [6.45, 7) is -0.458.